The number of hydrogen-bond donors (Lipinski definition) is 2. The lowest BCUT2D eigenvalue weighted by Gasteiger charge is -2.05. The number of aromatic hydroxyl groups is 2. The third-order valence-electron chi connectivity index (χ3n) is 2.55. The zero-order valence-corrected chi connectivity index (χ0v) is 12.0. The molecule has 90 valence electrons. The predicted molar refractivity (Wildman–Crippen MR) is 75.8 cm³/mol. The number of benzene rings is 2. The molecule has 2 aromatic carbocycles. The van der Waals surface area contributed by atoms with Gasteiger partial charge in [0.25, 0.3) is 0 Å². The Kier molecular flexibility index (Phi) is 2.64. The maximum absolute atomic E-state index is 9.47. The first-order valence-electron chi connectivity index (χ1n) is 5.03. The average molecular weight is 370 g/mol. The largest absolute Gasteiger partial charge is 0.504 e. The quantitative estimate of drug-likeness (QED) is 0.468. The maximum atomic E-state index is 9.47. The van der Waals surface area contributed by atoms with Gasteiger partial charge in [0.05, 0.1) is 16.6 Å². The molecule has 4 nitrogen and oxygen atoms in total. The second-order valence-corrected chi connectivity index (χ2v) is 5.58. The molecule has 0 spiro atoms. The van der Waals surface area contributed by atoms with Crippen LogP contribution in [0.15, 0.2) is 33.2 Å². The van der Waals surface area contributed by atoms with E-state index in [0.29, 0.717) is 22.1 Å². The number of fused-ring (bicyclic) bond motifs is 2. The van der Waals surface area contributed by atoms with Crippen molar-refractivity contribution in [1.82, 2.24) is 9.97 Å². The summed E-state index contributed by atoms with van der Waals surface area (Å²) in [4.78, 5) is 8.83. The second-order valence-electron chi connectivity index (χ2n) is 3.81. The lowest BCUT2D eigenvalue weighted by molar-refractivity contribution is 0.404. The van der Waals surface area contributed by atoms with Crippen molar-refractivity contribution in [2.75, 3.05) is 0 Å². The van der Waals surface area contributed by atoms with Crippen LogP contribution in [0.1, 0.15) is 0 Å². The van der Waals surface area contributed by atoms with Crippen molar-refractivity contribution < 1.29 is 10.2 Å². The highest BCUT2D eigenvalue weighted by atomic mass is 79.9. The molecule has 0 saturated heterocycles. The van der Waals surface area contributed by atoms with Crippen molar-refractivity contribution in [2.24, 2.45) is 0 Å². The fraction of sp³-hybridized carbons (Fsp3) is 0. The molecule has 1 heterocycles. The van der Waals surface area contributed by atoms with Crippen molar-refractivity contribution in [3.05, 3.63) is 33.2 Å². The molecule has 0 radical (unpaired) electrons. The van der Waals surface area contributed by atoms with Crippen molar-refractivity contribution >= 4 is 53.9 Å². The summed E-state index contributed by atoms with van der Waals surface area (Å²) >= 11 is 6.81. The van der Waals surface area contributed by atoms with Crippen LogP contribution in [0, 0.1) is 0 Å². The zero-order chi connectivity index (χ0) is 12.9. The van der Waals surface area contributed by atoms with Crippen LogP contribution in [0.2, 0.25) is 0 Å². The summed E-state index contributed by atoms with van der Waals surface area (Å²) in [6, 6.07) is 6.51. The molecule has 1 aromatic heterocycles. The topological polar surface area (TPSA) is 66.2 Å². The fourth-order valence-corrected chi connectivity index (χ4v) is 3.02. The van der Waals surface area contributed by atoms with Crippen molar-refractivity contribution in [3.8, 4) is 11.5 Å². The van der Waals surface area contributed by atoms with E-state index in [0.717, 1.165) is 8.95 Å². The van der Waals surface area contributed by atoms with E-state index in [-0.39, 0.29) is 11.5 Å². The first-order valence-corrected chi connectivity index (χ1v) is 6.62. The van der Waals surface area contributed by atoms with Crippen LogP contribution in [-0.4, -0.2) is 20.2 Å². The summed E-state index contributed by atoms with van der Waals surface area (Å²) in [7, 11) is 0. The maximum Gasteiger partial charge on any atom is 0.159 e. The minimum atomic E-state index is -0.204. The van der Waals surface area contributed by atoms with Crippen LogP contribution in [0.25, 0.3) is 22.1 Å². The molecule has 6 heteroatoms. The Morgan fingerprint density at radius 3 is 2.06 bits per heavy atom. The van der Waals surface area contributed by atoms with Gasteiger partial charge in [-0.2, -0.15) is 0 Å². The second kappa shape index (κ2) is 4.07. The van der Waals surface area contributed by atoms with E-state index >= 15 is 0 Å². The number of hydrogen-bond acceptors (Lipinski definition) is 4. The van der Waals surface area contributed by atoms with Gasteiger partial charge in [0.2, 0.25) is 0 Å². The van der Waals surface area contributed by atoms with E-state index in [1.54, 1.807) is 0 Å². The van der Waals surface area contributed by atoms with E-state index in [9.17, 15) is 10.2 Å². The van der Waals surface area contributed by atoms with E-state index in [4.69, 9.17) is 0 Å². The monoisotopic (exact) mass is 368 g/mol. The molecule has 3 rings (SSSR count). The predicted octanol–water partition coefficient (Wildman–Crippen LogP) is 3.72. The molecule has 2 N–H and O–H groups in total. The molecule has 0 aliphatic rings. The van der Waals surface area contributed by atoms with Gasteiger partial charge >= 0.3 is 0 Å². The molecular formula is C12H6Br2N2O2. The summed E-state index contributed by atoms with van der Waals surface area (Å²) < 4.78 is 1.70. The number of phenols is 2. The Morgan fingerprint density at radius 1 is 0.778 bits per heavy atom. The molecule has 0 aliphatic heterocycles. The Balaban J connectivity index is 2.47. The number of halogens is 2. The van der Waals surface area contributed by atoms with Crippen molar-refractivity contribution in [1.29, 1.82) is 0 Å². The van der Waals surface area contributed by atoms with Crippen LogP contribution >= 0.6 is 31.9 Å². The number of nitrogens with zero attached hydrogens (tertiary/aromatic N) is 2. The zero-order valence-electron chi connectivity index (χ0n) is 8.85. The fourth-order valence-electron chi connectivity index (χ4n) is 1.73. The summed E-state index contributed by atoms with van der Waals surface area (Å²) in [6.45, 7) is 0. The minimum Gasteiger partial charge on any atom is -0.504 e. The lowest BCUT2D eigenvalue weighted by atomic mass is 10.2. The number of aromatic nitrogens is 2. The highest BCUT2D eigenvalue weighted by Gasteiger charge is 2.09. The van der Waals surface area contributed by atoms with Gasteiger partial charge in [0.15, 0.2) is 11.5 Å². The standard InChI is InChI=1S/C12H6Br2N2O2/c13-5-1-6(14)12-9(2-5)15-7-3-10(17)11(18)4-8(7)16-12/h1-4,17-18H. The normalized spacial score (nSPS) is 11.2. The van der Waals surface area contributed by atoms with Crippen molar-refractivity contribution in [3.63, 3.8) is 0 Å². The number of rotatable bonds is 0. The number of phenolic OH excluding ortho intramolecular Hbond substituents is 2. The van der Waals surface area contributed by atoms with Crippen LogP contribution < -0.4 is 0 Å². The molecule has 0 amide bonds. The molecule has 3 aromatic rings. The van der Waals surface area contributed by atoms with Gasteiger partial charge in [-0.15, -0.1) is 0 Å². The third-order valence-corrected chi connectivity index (χ3v) is 3.62. The highest BCUT2D eigenvalue weighted by molar-refractivity contribution is 9.11. The Labute approximate surface area is 119 Å². The minimum absolute atomic E-state index is 0.204. The van der Waals surface area contributed by atoms with E-state index in [1.807, 2.05) is 12.1 Å². The molecule has 0 saturated carbocycles. The molecule has 0 atom stereocenters. The van der Waals surface area contributed by atoms with E-state index in [1.165, 1.54) is 12.1 Å². The molecule has 0 aliphatic carbocycles. The molecule has 0 bridgehead atoms. The third kappa shape index (κ3) is 1.81. The Hall–Kier alpha value is -1.40. The van der Waals surface area contributed by atoms with E-state index < -0.39 is 0 Å². The summed E-state index contributed by atoms with van der Waals surface area (Å²) in [5.74, 6) is -0.408. The van der Waals surface area contributed by atoms with Crippen LogP contribution in [0.5, 0.6) is 11.5 Å². The SMILES string of the molecule is Oc1cc2nc3cc(Br)cc(Br)c3nc2cc1O. The van der Waals surface area contributed by atoms with Crippen LogP contribution in [0.4, 0.5) is 0 Å². The van der Waals surface area contributed by atoms with Crippen LogP contribution in [0.3, 0.4) is 0 Å². The van der Waals surface area contributed by atoms with E-state index in [2.05, 4.69) is 41.8 Å². The highest BCUT2D eigenvalue weighted by Crippen LogP contribution is 2.32. The first-order chi connectivity index (χ1) is 8.54. The van der Waals surface area contributed by atoms with Gasteiger partial charge in [0.1, 0.15) is 5.52 Å². The molecule has 0 unspecified atom stereocenters. The van der Waals surface area contributed by atoms with Gasteiger partial charge in [-0.3, -0.25) is 0 Å². The molecule has 18 heavy (non-hydrogen) atoms. The Morgan fingerprint density at radius 2 is 1.39 bits per heavy atom. The summed E-state index contributed by atoms with van der Waals surface area (Å²) in [5.41, 5.74) is 2.47. The summed E-state index contributed by atoms with van der Waals surface area (Å²) in [6.07, 6.45) is 0. The lowest BCUT2D eigenvalue weighted by Crippen LogP contribution is -1.89. The first kappa shape index (κ1) is 11.7. The average Bonchev–Trinajstić information content (AvgIpc) is 2.29. The van der Waals surface area contributed by atoms with Gasteiger partial charge < -0.3 is 10.2 Å². The van der Waals surface area contributed by atoms with Gasteiger partial charge in [-0.05, 0) is 28.1 Å². The van der Waals surface area contributed by atoms with Gasteiger partial charge in [0, 0.05) is 21.1 Å². The van der Waals surface area contributed by atoms with Gasteiger partial charge in [-0.25, -0.2) is 9.97 Å². The van der Waals surface area contributed by atoms with Crippen LogP contribution in [-0.2, 0) is 0 Å². The summed E-state index contributed by atoms with van der Waals surface area (Å²) in [5, 5.41) is 18.9. The van der Waals surface area contributed by atoms with Crippen molar-refractivity contribution in [2.45, 2.75) is 0 Å². The Bertz CT molecular complexity index is 790. The molecular weight excluding hydrogens is 364 g/mol. The smallest absolute Gasteiger partial charge is 0.159 e. The van der Waals surface area contributed by atoms with Gasteiger partial charge in [-0.1, -0.05) is 15.9 Å². The molecule has 0 fully saturated rings.